The molecule has 4 rings (SSSR count). The predicted octanol–water partition coefficient (Wildman–Crippen LogP) is 3.88. The summed E-state index contributed by atoms with van der Waals surface area (Å²) in [7, 11) is 0. The van der Waals surface area contributed by atoms with Crippen LogP contribution in [0.2, 0.25) is 5.02 Å². The lowest BCUT2D eigenvalue weighted by Gasteiger charge is -2.37. The molecule has 12 heteroatoms. The highest BCUT2D eigenvalue weighted by Gasteiger charge is 2.51. The van der Waals surface area contributed by atoms with E-state index in [2.05, 4.69) is 10.3 Å². The van der Waals surface area contributed by atoms with E-state index >= 15 is 0 Å². The van der Waals surface area contributed by atoms with Crippen molar-refractivity contribution in [3.05, 3.63) is 59.4 Å². The normalized spacial score (nSPS) is 19.0. The molecular formula is C23H23ClF3N3O5. The van der Waals surface area contributed by atoms with Crippen LogP contribution in [0.25, 0.3) is 0 Å². The van der Waals surface area contributed by atoms with Crippen LogP contribution in [-0.2, 0) is 14.3 Å². The Hall–Kier alpha value is -3.18. The van der Waals surface area contributed by atoms with E-state index in [0.717, 1.165) is 12.8 Å². The first-order valence-electron chi connectivity index (χ1n) is 10.7. The van der Waals surface area contributed by atoms with Crippen LogP contribution in [0.5, 0.6) is 0 Å². The van der Waals surface area contributed by atoms with E-state index in [1.54, 1.807) is 47.6 Å². The van der Waals surface area contributed by atoms with Crippen LogP contribution in [0.15, 0.2) is 48.8 Å². The van der Waals surface area contributed by atoms with E-state index in [-0.39, 0.29) is 23.1 Å². The molecule has 188 valence electrons. The molecule has 1 aromatic carbocycles. The van der Waals surface area contributed by atoms with Crippen LogP contribution >= 0.6 is 11.6 Å². The average Bonchev–Trinajstić information content (AvgIpc) is 3.18. The van der Waals surface area contributed by atoms with Crippen LogP contribution in [0.1, 0.15) is 23.2 Å². The summed E-state index contributed by atoms with van der Waals surface area (Å²) in [5.74, 6) is -3.18. The zero-order chi connectivity index (χ0) is 25.6. The Balaban J connectivity index is 0.000000429. The van der Waals surface area contributed by atoms with Gasteiger partial charge >= 0.3 is 12.1 Å². The first-order valence-corrected chi connectivity index (χ1v) is 11.0. The van der Waals surface area contributed by atoms with Crippen molar-refractivity contribution < 1.29 is 37.4 Å². The Morgan fingerprint density at radius 3 is 2.31 bits per heavy atom. The first-order chi connectivity index (χ1) is 16.5. The number of pyridine rings is 1. The Kier molecular flexibility index (Phi) is 8.34. The number of nitrogens with one attached hydrogen (secondary N) is 1. The molecule has 1 aromatic heterocycles. The van der Waals surface area contributed by atoms with Crippen molar-refractivity contribution in [3.63, 3.8) is 0 Å². The Labute approximate surface area is 204 Å². The molecule has 0 aliphatic carbocycles. The van der Waals surface area contributed by atoms with Gasteiger partial charge in [-0.3, -0.25) is 14.6 Å². The van der Waals surface area contributed by atoms with Gasteiger partial charge in [0.15, 0.2) is 0 Å². The van der Waals surface area contributed by atoms with Gasteiger partial charge in [-0.25, -0.2) is 4.79 Å². The molecule has 1 spiro atoms. The zero-order valence-corrected chi connectivity index (χ0v) is 19.2. The number of rotatable bonds is 3. The fourth-order valence-electron chi connectivity index (χ4n) is 4.21. The number of hydrogen-bond donors (Lipinski definition) is 2. The molecule has 2 saturated heterocycles. The number of aliphatic carboxylic acids is 1. The summed E-state index contributed by atoms with van der Waals surface area (Å²) in [5.41, 5.74) is 0.990. The van der Waals surface area contributed by atoms with Gasteiger partial charge in [0.25, 0.3) is 5.91 Å². The zero-order valence-electron chi connectivity index (χ0n) is 18.4. The molecule has 2 aliphatic rings. The molecule has 0 radical (unpaired) electrons. The number of likely N-dealkylation sites (tertiary alicyclic amines) is 1. The Bertz CT molecular complexity index is 1040. The molecule has 2 aliphatic heterocycles. The largest absolute Gasteiger partial charge is 0.490 e. The maximum atomic E-state index is 13.1. The van der Waals surface area contributed by atoms with Crippen molar-refractivity contribution in [2.75, 3.05) is 31.6 Å². The van der Waals surface area contributed by atoms with Gasteiger partial charge in [-0.15, -0.1) is 0 Å². The quantitative estimate of drug-likeness (QED) is 0.645. The molecule has 3 heterocycles. The SMILES string of the molecule is O=C(Nc1cccnc1)C1CN(C(=O)c2ccc(Cl)cc2)CC12CCOCC2.O=C(O)C(F)(F)F. The number of carbonyl (C=O) groups is 3. The third kappa shape index (κ3) is 6.70. The predicted molar refractivity (Wildman–Crippen MR) is 120 cm³/mol. The molecule has 2 fully saturated rings. The number of benzene rings is 1. The fourth-order valence-corrected chi connectivity index (χ4v) is 4.34. The Morgan fingerprint density at radius 2 is 1.77 bits per heavy atom. The summed E-state index contributed by atoms with van der Waals surface area (Å²) in [5, 5.41) is 10.7. The molecule has 2 amide bonds. The summed E-state index contributed by atoms with van der Waals surface area (Å²) in [6.45, 7) is 2.18. The van der Waals surface area contributed by atoms with Gasteiger partial charge in [0.2, 0.25) is 5.91 Å². The van der Waals surface area contributed by atoms with Crippen LogP contribution in [-0.4, -0.2) is 65.3 Å². The van der Waals surface area contributed by atoms with Gasteiger partial charge in [0.05, 0.1) is 17.8 Å². The number of halogens is 4. The molecule has 2 N–H and O–H groups in total. The van der Waals surface area contributed by atoms with E-state index < -0.39 is 12.1 Å². The molecular weight excluding hydrogens is 491 g/mol. The first kappa shape index (κ1) is 26.4. The van der Waals surface area contributed by atoms with Crippen LogP contribution < -0.4 is 5.32 Å². The molecule has 1 unspecified atom stereocenters. The second kappa shape index (κ2) is 11.0. The number of anilines is 1. The maximum Gasteiger partial charge on any atom is 0.490 e. The van der Waals surface area contributed by atoms with Crippen molar-refractivity contribution in [2.45, 2.75) is 19.0 Å². The third-order valence-corrected chi connectivity index (χ3v) is 6.25. The fraction of sp³-hybridized carbons (Fsp3) is 0.391. The minimum Gasteiger partial charge on any atom is -0.475 e. The van der Waals surface area contributed by atoms with Gasteiger partial charge in [-0.2, -0.15) is 13.2 Å². The van der Waals surface area contributed by atoms with Crippen LogP contribution in [0.4, 0.5) is 18.9 Å². The van der Waals surface area contributed by atoms with E-state index in [9.17, 15) is 22.8 Å². The second-order valence-corrected chi connectivity index (χ2v) is 8.69. The van der Waals surface area contributed by atoms with Crippen molar-refractivity contribution in [3.8, 4) is 0 Å². The highest BCUT2D eigenvalue weighted by molar-refractivity contribution is 6.30. The van der Waals surface area contributed by atoms with Gasteiger partial charge in [0, 0.05) is 48.5 Å². The highest BCUT2D eigenvalue weighted by Crippen LogP contribution is 2.45. The molecule has 1 atom stereocenters. The minimum atomic E-state index is -5.08. The average molecular weight is 514 g/mol. The van der Waals surface area contributed by atoms with E-state index in [1.165, 1.54) is 0 Å². The monoisotopic (exact) mass is 513 g/mol. The molecule has 35 heavy (non-hydrogen) atoms. The Morgan fingerprint density at radius 1 is 1.14 bits per heavy atom. The molecule has 0 saturated carbocycles. The number of aromatic nitrogens is 1. The number of ether oxygens (including phenoxy) is 1. The summed E-state index contributed by atoms with van der Waals surface area (Å²) in [6, 6.07) is 10.5. The third-order valence-electron chi connectivity index (χ3n) is 6.00. The number of carbonyl (C=O) groups excluding carboxylic acids is 2. The summed E-state index contributed by atoms with van der Waals surface area (Å²) >= 11 is 5.94. The standard InChI is InChI=1S/C21H22ClN3O3.C2HF3O2/c22-16-5-3-15(4-6-16)20(27)25-13-18(21(14-25)7-10-28-11-8-21)19(26)24-17-2-1-9-23-12-17;3-2(4,5)1(6)7/h1-6,9,12,18H,7-8,10-11,13-14H2,(H,24,26);(H,6,7). The lowest BCUT2D eigenvalue weighted by Crippen LogP contribution is -2.42. The summed E-state index contributed by atoms with van der Waals surface area (Å²) in [6.07, 6.45) is -0.261. The minimum absolute atomic E-state index is 0.0682. The second-order valence-electron chi connectivity index (χ2n) is 8.25. The van der Waals surface area contributed by atoms with Crippen molar-refractivity contribution >= 4 is 35.1 Å². The van der Waals surface area contributed by atoms with Gasteiger partial charge in [-0.05, 0) is 49.2 Å². The topological polar surface area (TPSA) is 109 Å². The van der Waals surface area contributed by atoms with Crippen molar-refractivity contribution in [1.29, 1.82) is 0 Å². The van der Waals surface area contributed by atoms with Crippen molar-refractivity contribution in [2.24, 2.45) is 11.3 Å². The highest BCUT2D eigenvalue weighted by atomic mass is 35.5. The number of amides is 2. The lowest BCUT2D eigenvalue weighted by atomic mass is 9.71. The van der Waals surface area contributed by atoms with Gasteiger partial charge < -0.3 is 20.1 Å². The smallest absolute Gasteiger partial charge is 0.475 e. The number of carboxylic acid groups (broad SMARTS) is 1. The number of alkyl halides is 3. The van der Waals surface area contributed by atoms with E-state index in [4.69, 9.17) is 26.2 Å². The molecule has 8 nitrogen and oxygen atoms in total. The molecule has 2 aromatic rings. The number of hydrogen-bond acceptors (Lipinski definition) is 5. The van der Waals surface area contributed by atoms with Gasteiger partial charge in [-0.1, -0.05) is 11.6 Å². The molecule has 0 bridgehead atoms. The number of carboxylic acids is 1. The van der Waals surface area contributed by atoms with Gasteiger partial charge in [0.1, 0.15) is 0 Å². The maximum absolute atomic E-state index is 13.1. The van der Waals surface area contributed by atoms with Crippen LogP contribution in [0, 0.1) is 11.3 Å². The summed E-state index contributed by atoms with van der Waals surface area (Å²) < 4.78 is 37.3. The van der Waals surface area contributed by atoms with E-state index in [1.807, 2.05) is 6.07 Å². The van der Waals surface area contributed by atoms with Crippen LogP contribution in [0.3, 0.4) is 0 Å². The van der Waals surface area contributed by atoms with E-state index in [0.29, 0.717) is 42.6 Å². The number of nitrogens with zero attached hydrogens (tertiary/aromatic N) is 2. The lowest BCUT2D eigenvalue weighted by molar-refractivity contribution is -0.192. The van der Waals surface area contributed by atoms with Crippen molar-refractivity contribution in [1.82, 2.24) is 9.88 Å². The summed E-state index contributed by atoms with van der Waals surface area (Å²) in [4.78, 5) is 40.9.